The zero-order valence-electron chi connectivity index (χ0n) is 9.75. The van der Waals surface area contributed by atoms with Gasteiger partial charge >= 0.3 is 0 Å². The van der Waals surface area contributed by atoms with Crippen molar-refractivity contribution in [3.8, 4) is 0 Å². The summed E-state index contributed by atoms with van der Waals surface area (Å²) in [6.45, 7) is 2.10. The molecule has 1 aliphatic carbocycles. The number of nitrogens with two attached hydrogens (primary N) is 1. The molecule has 2 heterocycles. The lowest BCUT2D eigenvalue weighted by atomic mass is 9.92. The first kappa shape index (κ1) is 9.63. The van der Waals surface area contributed by atoms with Gasteiger partial charge < -0.3 is 5.73 Å². The lowest BCUT2D eigenvalue weighted by molar-refractivity contribution is 0.673. The molecule has 0 spiro atoms. The van der Waals surface area contributed by atoms with Gasteiger partial charge in [0.25, 0.3) is 0 Å². The first-order valence-electron chi connectivity index (χ1n) is 5.79. The summed E-state index contributed by atoms with van der Waals surface area (Å²) in [6, 6.07) is 0. The first-order chi connectivity index (χ1) is 7.68. The molecule has 0 saturated heterocycles. The Bertz CT molecular complexity index is 568. The number of nitrogen functional groups attached to an aromatic ring is 1. The second-order valence-corrected chi connectivity index (χ2v) is 4.56. The van der Waals surface area contributed by atoms with E-state index in [9.17, 15) is 0 Å². The molecule has 0 fully saturated rings. The van der Waals surface area contributed by atoms with E-state index in [4.69, 9.17) is 5.73 Å². The third-order valence-corrected chi connectivity index (χ3v) is 3.57. The molecular weight excluding hydrogens is 200 g/mol. The van der Waals surface area contributed by atoms with Crippen molar-refractivity contribution in [2.75, 3.05) is 5.73 Å². The molecule has 4 nitrogen and oxygen atoms in total. The second kappa shape index (κ2) is 3.20. The largest absolute Gasteiger partial charge is 0.382 e. The van der Waals surface area contributed by atoms with Gasteiger partial charge in [0.1, 0.15) is 5.52 Å². The van der Waals surface area contributed by atoms with Gasteiger partial charge in [-0.15, -0.1) is 0 Å². The molecule has 0 saturated carbocycles. The molecule has 84 valence electrons. The molecule has 2 aromatic heterocycles. The van der Waals surface area contributed by atoms with Gasteiger partial charge in [0.05, 0.1) is 0 Å². The number of pyridine rings is 1. The van der Waals surface area contributed by atoms with Crippen LogP contribution in [0.25, 0.3) is 10.9 Å². The van der Waals surface area contributed by atoms with Crippen LogP contribution in [0.3, 0.4) is 0 Å². The van der Waals surface area contributed by atoms with E-state index in [-0.39, 0.29) is 0 Å². The van der Waals surface area contributed by atoms with Crippen molar-refractivity contribution in [3.05, 3.63) is 17.0 Å². The van der Waals surface area contributed by atoms with Crippen LogP contribution in [0.1, 0.15) is 29.8 Å². The maximum atomic E-state index is 5.98. The van der Waals surface area contributed by atoms with Crippen molar-refractivity contribution in [1.29, 1.82) is 0 Å². The molecule has 16 heavy (non-hydrogen) atoms. The summed E-state index contributed by atoms with van der Waals surface area (Å²) in [6.07, 6.45) is 4.65. The number of aromatic nitrogens is 3. The van der Waals surface area contributed by atoms with Gasteiger partial charge in [0, 0.05) is 23.8 Å². The monoisotopic (exact) mass is 216 g/mol. The highest BCUT2D eigenvalue weighted by Crippen LogP contribution is 2.31. The average molecular weight is 216 g/mol. The van der Waals surface area contributed by atoms with Crippen LogP contribution < -0.4 is 5.73 Å². The summed E-state index contributed by atoms with van der Waals surface area (Å²) in [5.74, 6) is 0.583. The predicted octanol–water partition coefficient (Wildman–Crippen LogP) is 1.74. The third-order valence-electron chi connectivity index (χ3n) is 3.57. The first-order valence-corrected chi connectivity index (χ1v) is 5.79. The minimum atomic E-state index is 0.583. The van der Waals surface area contributed by atoms with Crippen LogP contribution in [0.2, 0.25) is 0 Å². The van der Waals surface area contributed by atoms with Crippen molar-refractivity contribution in [1.82, 2.24) is 14.8 Å². The van der Waals surface area contributed by atoms with Crippen molar-refractivity contribution in [3.63, 3.8) is 0 Å². The van der Waals surface area contributed by atoms with E-state index < -0.39 is 0 Å². The Labute approximate surface area is 94.5 Å². The van der Waals surface area contributed by atoms with Crippen LogP contribution in [-0.4, -0.2) is 14.8 Å². The van der Waals surface area contributed by atoms with E-state index >= 15 is 0 Å². The van der Waals surface area contributed by atoms with E-state index in [0.29, 0.717) is 5.82 Å². The smallest absolute Gasteiger partial charge is 0.152 e. The molecule has 2 aromatic rings. The topological polar surface area (TPSA) is 56.7 Å². The van der Waals surface area contributed by atoms with Gasteiger partial charge in [-0.25, -0.2) is 4.98 Å². The number of hydrogen-bond donors (Lipinski definition) is 1. The fraction of sp³-hybridized carbons (Fsp3) is 0.500. The fourth-order valence-corrected chi connectivity index (χ4v) is 2.63. The zero-order chi connectivity index (χ0) is 11.3. The van der Waals surface area contributed by atoms with Crippen LogP contribution in [0.15, 0.2) is 0 Å². The number of aryl methyl sites for hydroxylation is 4. The van der Waals surface area contributed by atoms with Gasteiger partial charge in [0.15, 0.2) is 5.82 Å². The molecule has 1 aliphatic rings. The van der Waals surface area contributed by atoms with Crippen LogP contribution in [0, 0.1) is 6.92 Å². The van der Waals surface area contributed by atoms with Crippen molar-refractivity contribution >= 4 is 16.7 Å². The summed E-state index contributed by atoms with van der Waals surface area (Å²) in [5, 5.41) is 5.69. The van der Waals surface area contributed by atoms with E-state index in [1.165, 1.54) is 35.2 Å². The van der Waals surface area contributed by atoms with Gasteiger partial charge in [0.2, 0.25) is 0 Å². The summed E-state index contributed by atoms with van der Waals surface area (Å²) in [4.78, 5) is 4.50. The third kappa shape index (κ3) is 1.16. The minimum Gasteiger partial charge on any atom is -0.382 e. The molecule has 2 N–H and O–H groups in total. The molecule has 0 atom stereocenters. The summed E-state index contributed by atoms with van der Waals surface area (Å²) >= 11 is 0. The minimum absolute atomic E-state index is 0.583. The molecule has 0 radical (unpaired) electrons. The van der Waals surface area contributed by atoms with Crippen LogP contribution in [-0.2, 0) is 19.9 Å². The van der Waals surface area contributed by atoms with Crippen molar-refractivity contribution in [2.24, 2.45) is 7.05 Å². The summed E-state index contributed by atoms with van der Waals surface area (Å²) in [7, 11) is 1.96. The molecule has 0 aliphatic heterocycles. The lowest BCUT2D eigenvalue weighted by Crippen LogP contribution is -2.08. The number of hydrogen-bond acceptors (Lipinski definition) is 3. The Hall–Kier alpha value is -1.58. The Morgan fingerprint density at radius 1 is 1.25 bits per heavy atom. The molecule has 0 unspecified atom stereocenters. The maximum absolute atomic E-state index is 5.98. The highest BCUT2D eigenvalue weighted by atomic mass is 15.3. The number of rotatable bonds is 0. The Morgan fingerprint density at radius 2 is 2.00 bits per heavy atom. The predicted molar refractivity (Wildman–Crippen MR) is 64.3 cm³/mol. The number of fused-ring (bicyclic) bond motifs is 3. The van der Waals surface area contributed by atoms with Crippen LogP contribution in [0.4, 0.5) is 5.82 Å². The van der Waals surface area contributed by atoms with E-state index in [2.05, 4.69) is 17.0 Å². The highest BCUT2D eigenvalue weighted by molar-refractivity contribution is 5.92. The van der Waals surface area contributed by atoms with Crippen molar-refractivity contribution < 1.29 is 0 Å². The molecule has 0 bridgehead atoms. The number of anilines is 1. The maximum Gasteiger partial charge on any atom is 0.152 e. The lowest BCUT2D eigenvalue weighted by Gasteiger charge is -2.16. The quantitative estimate of drug-likeness (QED) is 0.729. The normalized spacial score (nSPS) is 15.4. The van der Waals surface area contributed by atoms with Gasteiger partial charge in [-0.2, -0.15) is 5.10 Å². The molecule has 0 amide bonds. The second-order valence-electron chi connectivity index (χ2n) is 4.56. The SMILES string of the molecule is Cc1c2c3c(nc(N)c2nn1C)CCCC3. The van der Waals surface area contributed by atoms with Gasteiger partial charge in [-0.1, -0.05) is 0 Å². The van der Waals surface area contributed by atoms with Crippen LogP contribution >= 0.6 is 0 Å². The molecule has 4 heteroatoms. The standard InChI is InChI=1S/C12H16N4/c1-7-10-8-5-3-4-6-9(8)14-12(13)11(10)15-16(7)2/h3-6H2,1-2H3,(H2,13,14). The number of nitrogens with zero attached hydrogens (tertiary/aromatic N) is 3. The van der Waals surface area contributed by atoms with E-state index in [1.54, 1.807) is 0 Å². The van der Waals surface area contributed by atoms with E-state index in [0.717, 1.165) is 18.4 Å². The molecule has 3 rings (SSSR count). The zero-order valence-corrected chi connectivity index (χ0v) is 9.75. The molecule has 0 aromatic carbocycles. The highest BCUT2D eigenvalue weighted by Gasteiger charge is 2.20. The molecular formula is C12H16N4. The van der Waals surface area contributed by atoms with Gasteiger partial charge in [-0.05, 0) is 38.2 Å². The Morgan fingerprint density at radius 3 is 2.81 bits per heavy atom. The average Bonchev–Trinajstić information content (AvgIpc) is 2.57. The Balaban J connectivity index is 2.44. The fourth-order valence-electron chi connectivity index (χ4n) is 2.63. The van der Waals surface area contributed by atoms with Gasteiger partial charge in [-0.3, -0.25) is 4.68 Å². The van der Waals surface area contributed by atoms with Crippen LogP contribution in [0.5, 0.6) is 0 Å². The summed E-state index contributed by atoms with van der Waals surface area (Å²) in [5.41, 5.74) is 10.6. The summed E-state index contributed by atoms with van der Waals surface area (Å²) < 4.78 is 1.90. The van der Waals surface area contributed by atoms with Crippen molar-refractivity contribution in [2.45, 2.75) is 32.6 Å². The Kier molecular flexibility index (Phi) is 1.93. The van der Waals surface area contributed by atoms with E-state index in [1.807, 2.05) is 11.7 Å².